The number of aromatic nitrogens is 2. The Labute approximate surface area is 157 Å². The number of halogens is 1. The van der Waals surface area contributed by atoms with Gasteiger partial charge in [0.1, 0.15) is 6.61 Å². The normalized spacial score (nSPS) is 11.1. The van der Waals surface area contributed by atoms with E-state index in [1.54, 1.807) is 6.07 Å². The van der Waals surface area contributed by atoms with E-state index < -0.39 is 0 Å². The van der Waals surface area contributed by atoms with Gasteiger partial charge in [0.05, 0.1) is 5.52 Å². The van der Waals surface area contributed by atoms with Gasteiger partial charge in [0, 0.05) is 11.1 Å². The third-order valence-corrected chi connectivity index (χ3v) is 4.83. The van der Waals surface area contributed by atoms with E-state index in [0.717, 1.165) is 45.3 Å². The predicted molar refractivity (Wildman–Crippen MR) is 106 cm³/mol. The third-order valence-electron chi connectivity index (χ3n) is 4.83. The average Bonchev–Trinajstić information content (AvgIpc) is 3.08. The first-order chi connectivity index (χ1) is 13.2. The third kappa shape index (κ3) is 3.43. The summed E-state index contributed by atoms with van der Waals surface area (Å²) in [7, 11) is 0. The van der Waals surface area contributed by atoms with Crippen LogP contribution in [0.5, 0.6) is 5.75 Å². The zero-order chi connectivity index (χ0) is 18.8. The molecule has 0 bridgehead atoms. The lowest BCUT2D eigenvalue weighted by molar-refractivity contribution is 0.290. The van der Waals surface area contributed by atoms with Crippen LogP contribution in [0.3, 0.4) is 0 Å². The molecule has 4 heteroatoms. The number of nitrogens with zero attached hydrogens (tertiary/aromatic N) is 1. The molecule has 0 aliphatic rings. The summed E-state index contributed by atoms with van der Waals surface area (Å²) in [4.78, 5) is 0. The molecule has 0 aliphatic carbocycles. The highest BCUT2D eigenvalue weighted by atomic mass is 19.1. The minimum absolute atomic E-state index is 0.288. The van der Waals surface area contributed by atoms with Crippen LogP contribution in [0.1, 0.15) is 23.7 Å². The Morgan fingerprint density at radius 3 is 2.63 bits per heavy atom. The maximum atomic E-state index is 14.7. The molecule has 0 spiro atoms. The van der Waals surface area contributed by atoms with Gasteiger partial charge in [-0.05, 0) is 53.8 Å². The van der Waals surface area contributed by atoms with Crippen LogP contribution >= 0.6 is 0 Å². The molecule has 0 saturated heterocycles. The van der Waals surface area contributed by atoms with Crippen LogP contribution < -0.4 is 4.74 Å². The molecule has 0 fully saturated rings. The number of hydrogen-bond donors (Lipinski definition) is 1. The van der Waals surface area contributed by atoms with Crippen LogP contribution in [0, 0.1) is 12.7 Å². The molecule has 0 saturated carbocycles. The van der Waals surface area contributed by atoms with E-state index in [-0.39, 0.29) is 11.6 Å². The molecule has 0 aliphatic heterocycles. The van der Waals surface area contributed by atoms with Crippen molar-refractivity contribution in [3.63, 3.8) is 0 Å². The number of benzene rings is 3. The van der Waals surface area contributed by atoms with Crippen molar-refractivity contribution in [1.82, 2.24) is 10.2 Å². The van der Waals surface area contributed by atoms with Gasteiger partial charge >= 0.3 is 0 Å². The van der Waals surface area contributed by atoms with E-state index in [0.29, 0.717) is 6.61 Å². The maximum absolute atomic E-state index is 14.7. The lowest BCUT2D eigenvalue weighted by atomic mass is 9.96. The highest BCUT2D eigenvalue weighted by Crippen LogP contribution is 2.32. The van der Waals surface area contributed by atoms with Crippen molar-refractivity contribution in [1.29, 1.82) is 0 Å². The summed E-state index contributed by atoms with van der Waals surface area (Å²) in [6, 6.07) is 19.2. The first-order valence-corrected chi connectivity index (χ1v) is 9.10. The Balaban J connectivity index is 1.67. The van der Waals surface area contributed by atoms with Crippen molar-refractivity contribution < 1.29 is 9.13 Å². The molecule has 1 heterocycles. The second-order valence-electron chi connectivity index (χ2n) is 6.65. The van der Waals surface area contributed by atoms with Crippen molar-refractivity contribution in [2.45, 2.75) is 26.9 Å². The fourth-order valence-electron chi connectivity index (χ4n) is 3.32. The Hall–Kier alpha value is -3.14. The number of hydrogen-bond acceptors (Lipinski definition) is 2. The molecule has 4 rings (SSSR count). The topological polar surface area (TPSA) is 37.9 Å². The zero-order valence-corrected chi connectivity index (χ0v) is 15.4. The molecule has 27 heavy (non-hydrogen) atoms. The van der Waals surface area contributed by atoms with Crippen LogP contribution in [0.2, 0.25) is 0 Å². The van der Waals surface area contributed by atoms with E-state index in [4.69, 9.17) is 4.74 Å². The highest BCUT2D eigenvalue weighted by molar-refractivity contribution is 5.86. The lowest BCUT2D eigenvalue weighted by Crippen LogP contribution is -1.99. The quantitative estimate of drug-likeness (QED) is 0.487. The molecule has 1 N–H and O–H groups in total. The summed E-state index contributed by atoms with van der Waals surface area (Å²) in [5.41, 5.74) is 5.81. The van der Waals surface area contributed by atoms with Crippen LogP contribution in [0.25, 0.3) is 22.0 Å². The number of aryl methyl sites for hydroxylation is 2. The van der Waals surface area contributed by atoms with Gasteiger partial charge in [0.2, 0.25) is 0 Å². The fraction of sp³-hybridized carbons (Fsp3) is 0.174. The van der Waals surface area contributed by atoms with Crippen molar-refractivity contribution in [3.05, 3.63) is 83.3 Å². The van der Waals surface area contributed by atoms with Crippen molar-refractivity contribution >= 4 is 10.9 Å². The first-order valence-electron chi connectivity index (χ1n) is 9.10. The fourth-order valence-corrected chi connectivity index (χ4v) is 3.32. The molecule has 0 atom stereocenters. The number of aromatic amines is 1. The lowest BCUT2D eigenvalue weighted by Gasteiger charge is -2.13. The van der Waals surface area contributed by atoms with Gasteiger partial charge in [0.25, 0.3) is 0 Å². The van der Waals surface area contributed by atoms with Gasteiger partial charge in [-0.15, -0.1) is 0 Å². The second-order valence-corrected chi connectivity index (χ2v) is 6.65. The van der Waals surface area contributed by atoms with E-state index in [1.165, 1.54) is 0 Å². The van der Waals surface area contributed by atoms with Crippen LogP contribution in [-0.2, 0) is 13.0 Å². The molecule has 1 aromatic heterocycles. The van der Waals surface area contributed by atoms with Crippen molar-refractivity contribution in [3.8, 4) is 16.9 Å². The molecule has 0 unspecified atom stereocenters. The monoisotopic (exact) mass is 360 g/mol. The summed E-state index contributed by atoms with van der Waals surface area (Å²) >= 11 is 0. The van der Waals surface area contributed by atoms with Gasteiger partial charge < -0.3 is 4.74 Å². The maximum Gasteiger partial charge on any atom is 0.165 e. The number of rotatable bonds is 5. The highest BCUT2D eigenvalue weighted by Gasteiger charge is 2.13. The van der Waals surface area contributed by atoms with Crippen molar-refractivity contribution in [2.24, 2.45) is 0 Å². The molecule has 0 amide bonds. The SMILES string of the molecule is CCc1cc(OCc2ccccc2)c(F)cc1-c1ccc2c(C)[nH]nc2c1. The molecular formula is C23H21FN2O. The largest absolute Gasteiger partial charge is 0.486 e. The van der Waals surface area contributed by atoms with Gasteiger partial charge in [-0.25, -0.2) is 4.39 Å². The van der Waals surface area contributed by atoms with E-state index in [2.05, 4.69) is 17.1 Å². The minimum atomic E-state index is -0.351. The zero-order valence-electron chi connectivity index (χ0n) is 15.4. The van der Waals surface area contributed by atoms with Crippen LogP contribution in [0.15, 0.2) is 60.7 Å². The Morgan fingerprint density at radius 2 is 1.85 bits per heavy atom. The molecule has 136 valence electrons. The van der Waals surface area contributed by atoms with Gasteiger partial charge in [0.15, 0.2) is 11.6 Å². The smallest absolute Gasteiger partial charge is 0.165 e. The van der Waals surface area contributed by atoms with Crippen LogP contribution in [-0.4, -0.2) is 10.2 Å². The number of H-pyrrole nitrogens is 1. The molecule has 0 radical (unpaired) electrons. The second kappa shape index (κ2) is 7.23. The van der Waals surface area contributed by atoms with E-state index >= 15 is 0 Å². The van der Waals surface area contributed by atoms with E-state index in [9.17, 15) is 4.39 Å². The summed E-state index contributed by atoms with van der Waals surface area (Å²) in [5, 5.41) is 8.40. The Kier molecular flexibility index (Phi) is 4.63. The Morgan fingerprint density at radius 1 is 1.04 bits per heavy atom. The minimum Gasteiger partial charge on any atom is -0.486 e. The van der Waals surface area contributed by atoms with Crippen LogP contribution in [0.4, 0.5) is 4.39 Å². The average molecular weight is 360 g/mol. The first kappa shape index (κ1) is 17.3. The number of fused-ring (bicyclic) bond motifs is 1. The summed E-state index contributed by atoms with van der Waals surface area (Å²) in [6.45, 7) is 4.40. The van der Waals surface area contributed by atoms with Gasteiger partial charge in [-0.2, -0.15) is 5.10 Å². The van der Waals surface area contributed by atoms with Gasteiger partial charge in [-0.3, -0.25) is 5.10 Å². The summed E-state index contributed by atoms with van der Waals surface area (Å²) in [5.74, 6) is -0.0624. The number of ether oxygens (including phenoxy) is 1. The molecule has 4 aromatic rings. The summed E-state index contributed by atoms with van der Waals surface area (Å²) < 4.78 is 20.5. The predicted octanol–water partition coefficient (Wildman–Crippen LogP) is 5.82. The molecular weight excluding hydrogens is 339 g/mol. The van der Waals surface area contributed by atoms with Crippen molar-refractivity contribution in [2.75, 3.05) is 0 Å². The molecule has 3 nitrogen and oxygen atoms in total. The summed E-state index contributed by atoms with van der Waals surface area (Å²) in [6.07, 6.45) is 0.787. The standard InChI is InChI=1S/C23H21FN2O/c1-3-17-12-23(27-14-16-7-5-4-6-8-16)21(24)13-20(17)18-9-10-19-15(2)25-26-22(19)11-18/h4-13H,3,14H2,1-2H3,(H,25,26). The van der Waals surface area contributed by atoms with Gasteiger partial charge in [-0.1, -0.05) is 49.4 Å². The Bertz CT molecular complexity index is 1090. The molecule has 3 aromatic carbocycles. The van der Waals surface area contributed by atoms with E-state index in [1.807, 2.05) is 61.5 Å². The number of nitrogens with one attached hydrogen (secondary N) is 1.